The number of aromatic nitrogens is 1. The summed E-state index contributed by atoms with van der Waals surface area (Å²) in [6.45, 7) is 4.13. The van der Waals surface area contributed by atoms with Gasteiger partial charge in [0.1, 0.15) is 10.7 Å². The van der Waals surface area contributed by atoms with Crippen molar-refractivity contribution in [3.05, 3.63) is 16.1 Å². The molecule has 5 heteroatoms. The SMILES string of the molecule is CCCC1CCC(NC(=O)c2csc(C(C)N)n2)CC1. The van der Waals surface area contributed by atoms with Gasteiger partial charge in [-0.15, -0.1) is 11.3 Å². The summed E-state index contributed by atoms with van der Waals surface area (Å²) >= 11 is 1.46. The van der Waals surface area contributed by atoms with Crippen LogP contribution >= 0.6 is 11.3 Å². The summed E-state index contributed by atoms with van der Waals surface area (Å²) in [6.07, 6.45) is 7.26. The first-order chi connectivity index (χ1) is 9.60. The molecule has 1 aliphatic carbocycles. The van der Waals surface area contributed by atoms with Gasteiger partial charge in [-0.25, -0.2) is 4.98 Å². The molecule has 1 amide bonds. The van der Waals surface area contributed by atoms with Crippen molar-refractivity contribution >= 4 is 17.2 Å². The highest BCUT2D eigenvalue weighted by Gasteiger charge is 2.23. The minimum Gasteiger partial charge on any atom is -0.348 e. The van der Waals surface area contributed by atoms with Crippen molar-refractivity contribution in [2.75, 3.05) is 0 Å². The van der Waals surface area contributed by atoms with E-state index in [0.717, 1.165) is 23.8 Å². The van der Waals surface area contributed by atoms with E-state index in [2.05, 4.69) is 17.2 Å². The van der Waals surface area contributed by atoms with E-state index in [0.29, 0.717) is 11.7 Å². The number of rotatable bonds is 5. The monoisotopic (exact) mass is 295 g/mol. The van der Waals surface area contributed by atoms with Crippen LogP contribution in [-0.4, -0.2) is 16.9 Å². The highest BCUT2D eigenvalue weighted by Crippen LogP contribution is 2.28. The minimum atomic E-state index is -0.106. The quantitative estimate of drug-likeness (QED) is 0.876. The second-order valence-corrected chi connectivity index (χ2v) is 6.73. The molecule has 1 fully saturated rings. The van der Waals surface area contributed by atoms with Crippen molar-refractivity contribution in [2.45, 2.75) is 64.5 Å². The van der Waals surface area contributed by atoms with Gasteiger partial charge < -0.3 is 11.1 Å². The predicted octanol–water partition coefficient (Wildman–Crippen LogP) is 3.25. The molecule has 0 saturated heterocycles. The Bertz CT molecular complexity index is 436. The molecule has 0 bridgehead atoms. The topological polar surface area (TPSA) is 68.0 Å². The zero-order valence-electron chi connectivity index (χ0n) is 12.4. The Labute approximate surface area is 125 Å². The van der Waals surface area contributed by atoms with Crippen LogP contribution in [0, 0.1) is 5.92 Å². The Morgan fingerprint density at radius 1 is 1.50 bits per heavy atom. The molecular formula is C15H25N3OS. The molecule has 1 aliphatic rings. The number of thiazole rings is 1. The summed E-state index contributed by atoms with van der Waals surface area (Å²) in [6, 6.07) is 0.210. The largest absolute Gasteiger partial charge is 0.348 e. The van der Waals surface area contributed by atoms with E-state index in [1.807, 2.05) is 6.92 Å². The van der Waals surface area contributed by atoms with Crippen LogP contribution in [0.4, 0.5) is 0 Å². The zero-order valence-corrected chi connectivity index (χ0v) is 13.2. The fourth-order valence-electron chi connectivity index (χ4n) is 2.86. The number of carbonyl (C=O) groups is 1. The van der Waals surface area contributed by atoms with Crippen LogP contribution in [-0.2, 0) is 0 Å². The maximum atomic E-state index is 12.1. The predicted molar refractivity (Wildman–Crippen MR) is 82.8 cm³/mol. The van der Waals surface area contributed by atoms with Crippen molar-refractivity contribution in [3.8, 4) is 0 Å². The van der Waals surface area contributed by atoms with Gasteiger partial charge in [-0.3, -0.25) is 4.79 Å². The average molecular weight is 295 g/mol. The molecule has 0 spiro atoms. The molecule has 4 nitrogen and oxygen atoms in total. The number of hydrogen-bond acceptors (Lipinski definition) is 4. The third-order valence-corrected chi connectivity index (χ3v) is 5.07. The van der Waals surface area contributed by atoms with Gasteiger partial charge in [-0.1, -0.05) is 19.8 Å². The maximum Gasteiger partial charge on any atom is 0.270 e. The smallest absolute Gasteiger partial charge is 0.270 e. The molecule has 1 aromatic rings. The molecule has 2 rings (SSSR count). The standard InChI is InChI=1S/C15H25N3OS/c1-3-4-11-5-7-12(8-6-11)17-14(19)13-9-20-15(18-13)10(2)16/h9-12H,3-8,16H2,1-2H3,(H,17,19). The van der Waals surface area contributed by atoms with Crippen molar-refractivity contribution in [3.63, 3.8) is 0 Å². The van der Waals surface area contributed by atoms with Gasteiger partial charge in [-0.2, -0.15) is 0 Å². The number of nitrogens with one attached hydrogen (secondary N) is 1. The van der Waals surface area contributed by atoms with Crippen molar-refractivity contribution in [1.82, 2.24) is 10.3 Å². The Morgan fingerprint density at radius 2 is 2.20 bits per heavy atom. The number of carbonyl (C=O) groups excluding carboxylic acids is 1. The van der Waals surface area contributed by atoms with E-state index in [-0.39, 0.29) is 11.9 Å². The van der Waals surface area contributed by atoms with Gasteiger partial charge in [0.25, 0.3) is 5.91 Å². The van der Waals surface area contributed by atoms with E-state index in [1.165, 1.54) is 37.0 Å². The van der Waals surface area contributed by atoms with E-state index in [1.54, 1.807) is 5.38 Å². The van der Waals surface area contributed by atoms with Gasteiger partial charge >= 0.3 is 0 Å². The van der Waals surface area contributed by atoms with E-state index in [4.69, 9.17) is 5.73 Å². The normalized spacial score (nSPS) is 24.4. The molecule has 1 atom stereocenters. The first-order valence-electron chi connectivity index (χ1n) is 7.62. The van der Waals surface area contributed by atoms with Crippen molar-refractivity contribution < 1.29 is 4.79 Å². The molecule has 20 heavy (non-hydrogen) atoms. The van der Waals surface area contributed by atoms with Crippen LogP contribution in [0.25, 0.3) is 0 Å². The molecule has 1 saturated carbocycles. The van der Waals surface area contributed by atoms with Crippen LogP contribution in [0.3, 0.4) is 0 Å². The Kier molecular flexibility index (Phi) is 5.54. The number of amides is 1. The Hall–Kier alpha value is -0.940. The van der Waals surface area contributed by atoms with Crippen LogP contribution in [0.2, 0.25) is 0 Å². The molecular weight excluding hydrogens is 270 g/mol. The van der Waals surface area contributed by atoms with Crippen LogP contribution in [0.1, 0.15) is 73.9 Å². The molecule has 0 radical (unpaired) electrons. The fraction of sp³-hybridized carbons (Fsp3) is 0.733. The highest BCUT2D eigenvalue weighted by molar-refractivity contribution is 7.09. The molecule has 1 aromatic heterocycles. The van der Waals surface area contributed by atoms with Gasteiger partial charge in [0.2, 0.25) is 0 Å². The summed E-state index contributed by atoms with van der Waals surface area (Å²) in [5.41, 5.74) is 6.28. The van der Waals surface area contributed by atoms with Crippen LogP contribution in [0.15, 0.2) is 5.38 Å². The molecule has 0 aliphatic heterocycles. The first-order valence-corrected chi connectivity index (χ1v) is 8.50. The van der Waals surface area contributed by atoms with Gasteiger partial charge in [0, 0.05) is 11.4 Å². The minimum absolute atomic E-state index is 0.0490. The molecule has 0 aromatic carbocycles. The van der Waals surface area contributed by atoms with Gasteiger partial charge in [0.05, 0.1) is 6.04 Å². The van der Waals surface area contributed by atoms with E-state index < -0.39 is 0 Å². The van der Waals surface area contributed by atoms with Crippen LogP contribution < -0.4 is 11.1 Å². The Morgan fingerprint density at radius 3 is 2.75 bits per heavy atom. The summed E-state index contributed by atoms with van der Waals surface area (Å²) < 4.78 is 0. The average Bonchev–Trinajstić information content (AvgIpc) is 2.91. The summed E-state index contributed by atoms with van der Waals surface area (Å²) in [7, 11) is 0. The molecule has 1 unspecified atom stereocenters. The summed E-state index contributed by atoms with van der Waals surface area (Å²) in [5.74, 6) is 0.809. The lowest BCUT2D eigenvalue weighted by Gasteiger charge is -2.28. The molecule has 112 valence electrons. The highest BCUT2D eigenvalue weighted by atomic mass is 32.1. The van der Waals surface area contributed by atoms with E-state index in [9.17, 15) is 4.79 Å². The maximum absolute atomic E-state index is 12.1. The lowest BCUT2D eigenvalue weighted by atomic mass is 9.83. The number of hydrogen-bond donors (Lipinski definition) is 2. The third-order valence-electron chi connectivity index (χ3n) is 4.02. The Balaban J connectivity index is 1.83. The molecule has 1 heterocycles. The van der Waals surface area contributed by atoms with Crippen molar-refractivity contribution in [2.24, 2.45) is 11.7 Å². The van der Waals surface area contributed by atoms with E-state index >= 15 is 0 Å². The number of nitrogens with two attached hydrogens (primary N) is 1. The lowest BCUT2D eigenvalue weighted by molar-refractivity contribution is 0.0916. The zero-order chi connectivity index (χ0) is 14.5. The first kappa shape index (κ1) is 15.4. The van der Waals surface area contributed by atoms with Gasteiger partial charge in [0.15, 0.2) is 0 Å². The number of nitrogens with zero attached hydrogens (tertiary/aromatic N) is 1. The van der Waals surface area contributed by atoms with Gasteiger partial charge in [-0.05, 0) is 38.5 Å². The lowest BCUT2D eigenvalue weighted by Crippen LogP contribution is -2.37. The summed E-state index contributed by atoms with van der Waals surface area (Å²) in [5, 5.41) is 5.74. The second-order valence-electron chi connectivity index (χ2n) is 5.84. The van der Waals surface area contributed by atoms with Crippen LogP contribution in [0.5, 0.6) is 0 Å². The van der Waals surface area contributed by atoms with Crippen molar-refractivity contribution in [1.29, 1.82) is 0 Å². The third kappa shape index (κ3) is 4.03. The molecule has 3 N–H and O–H groups in total. The second kappa shape index (κ2) is 7.18. The fourth-order valence-corrected chi connectivity index (χ4v) is 3.62. The summed E-state index contributed by atoms with van der Waals surface area (Å²) in [4.78, 5) is 16.4.